The van der Waals surface area contributed by atoms with Crippen molar-refractivity contribution < 1.29 is 52.8 Å². The molecule has 324 valence electrons. The van der Waals surface area contributed by atoms with Gasteiger partial charge in [-0.25, -0.2) is 26.2 Å². The fourth-order valence-corrected chi connectivity index (χ4v) is 6.97. The molecule has 0 atom stereocenters. The lowest BCUT2D eigenvalue weighted by atomic mass is 10.2. The van der Waals surface area contributed by atoms with Crippen LogP contribution in [0.4, 0.5) is 26.3 Å². The van der Waals surface area contributed by atoms with Gasteiger partial charge < -0.3 is 11.1 Å². The van der Waals surface area contributed by atoms with Gasteiger partial charge in [0.15, 0.2) is 31.1 Å². The first-order valence-electron chi connectivity index (χ1n) is 16.9. The van der Waals surface area contributed by atoms with E-state index in [1.807, 2.05) is 0 Å². The monoisotopic (exact) mass is 950 g/mol. The Bertz CT molecular complexity index is 2780. The van der Waals surface area contributed by atoms with E-state index in [0.29, 0.717) is 29.1 Å². The molecule has 0 spiro atoms. The maximum absolute atomic E-state index is 13.2. The van der Waals surface area contributed by atoms with Crippen molar-refractivity contribution in [1.82, 2.24) is 24.9 Å². The molecule has 0 radical (unpaired) electrons. The molecule has 61 heavy (non-hydrogen) atoms. The largest absolute Gasteiger partial charge is 0.435 e. The van der Waals surface area contributed by atoms with Crippen LogP contribution in [0.1, 0.15) is 43.5 Å². The predicted molar refractivity (Wildman–Crippen MR) is 216 cm³/mol. The second kappa shape index (κ2) is 19.6. The molecule has 2 heterocycles. The number of aromatic nitrogens is 4. The summed E-state index contributed by atoms with van der Waals surface area (Å²) in [6.45, 7) is 0.264. The summed E-state index contributed by atoms with van der Waals surface area (Å²) in [7, 11) is -6.53. The Hall–Kier alpha value is -5.25. The molecule has 0 aliphatic rings. The van der Waals surface area contributed by atoms with Gasteiger partial charge in [0.25, 0.3) is 11.1 Å². The van der Waals surface area contributed by atoms with Gasteiger partial charge >= 0.3 is 12.4 Å². The van der Waals surface area contributed by atoms with Crippen molar-refractivity contribution in [1.29, 1.82) is 0 Å². The van der Waals surface area contributed by atoms with Crippen molar-refractivity contribution in [3.63, 3.8) is 0 Å². The highest BCUT2D eigenvalue weighted by Crippen LogP contribution is 2.32. The molecular weight excluding hydrogens is 921 g/mol. The van der Waals surface area contributed by atoms with Crippen molar-refractivity contribution in [2.24, 2.45) is 5.73 Å². The summed E-state index contributed by atoms with van der Waals surface area (Å²) in [4.78, 5) is 24.2. The summed E-state index contributed by atoms with van der Waals surface area (Å²) in [5.41, 5.74) is 3.69. The van der Waals surface area contributed by atoms with Crippen LogP contribution < -0.4 is 11.1 Å². The highest BCUT2D eigenvalue weighted by Gasteiger charge is 2.37. The Morgan fingerprint density at radius 3 is 1.46 bits per heavy atom. The fraction of sp³-hybridized carbons (Fsp3) is 0.158. The average molecular weight is 952 g/mol. The standard InChI is InChI=1S/C19H15ClF3N3O3S.C11H5Cl2F3N2O.C8H11NO2S/c1-30(28,29)13-6-4-5-12(9-13)11-24-18(27)16-10-17(19(21,22)23)25-26(16)15-8-3-2-7-14(15)20;12-6-3-1-2-4-7(6)18-8(10(13)19)5-9(17-18)11(14,15)16;1-12(10,11)8-4-2-3-7(5-8)6-9/h2-10H,11H2,1H3,(H,24,27);1-5H;2-5H,6,9H2,1H3. The van der Waals surface area contributed by atoms with E-state index in [9.17, 15) is 52.8 Å². The number of nitrogens with two attached hydrogens (primary N) is 1. The number of hydrogen-bond donors (Lipinski definition) is 2. The molecule has 3 N–H and O–H groups in total. The van der Waals surface area contributed by atoms with Crippen LogP contribution in [-0.4, -0.2) is 60.1 Å². The maximum atomic E-state index is 13.2. The summed E-state index contributed by atoms with van der Waals surface area (Å²) in [6, 6.07) is 25.8. The molecule has 2 aromatic heterocycles. The normalized spacial score (nSPS) is 11.8. The van der Waals surface area contributed by atoms with Crippen LogP contribution in [0.5, 0.6) is 0 Å². The molecule has 23 heteroatoms. The van der Waals surface area contributed by atoms with Crippen LogP contribution in [0, 0.1) is 0 Å². The van der Waals surface area contributed by atoms with Gasteiger partial charge in [0.05, 0.1) is 31.2 Å². The topological polar surface area (TPSA) is 176 Å². The van der Waals surface area contributed by atoms with Gasteiger partial charge in [-0.2, -0.15) is 36.5 Å². The Kier molecular flexibility index (Phi) is 15.6. The minimum Gasteiger partial charge on any atom is -0.347 e. The van der Waals surface area contributed by atoms with Gasteiger partial charge in [-0.1, -0.05) is 71.7 Å². The van der Waals surface area contributed by atoms with Crippen molar-refractivity contribution in [2.45, 2.75) is 35.2 Å². The Morgan fingerprint density at radius 2 is 1.05 bits per heavy atom. The van der Waals surface area contributed by atoms with Gasteiger partial charge in [-0.15, -0.1) is 0 Å². The molecule has 0 bridgehead atoms. The molecule has 0 unspecified atom stereocenters. The Morgan fingerprint density at radius 1 is 0.639 bits per heavy atom. The molecule has 0 aliphatic carbocycles. The summed E-state index contributed by atoms with van der Waals surface area (Å²) in [5.74, 6) is -0.831. The maximum Gasteiger partial charge on any atom is 0.435 e. The van der Waals surface area contributed by atoms with Crippen LogP contribution >= 0.6 is 34.8 Å². The van der Waals surface area contributed by atoms with Gasteiger partial charge in [0, 0.05) is 37.7 Å². The molecule has 0 fully saturated rings. The second-order valence-corrected chi connectivity index (χ2v) is 17.7. The van der Waals surface area contributed by atoms with E-state index in [2.05, 4.69) is 15.5 Å². The lowest BCUT2D eigenvalue weighted by Gasteiger charge is -2.10. The Balaban J connectivity index is 0.000000224. The van der Waals surface area contributed by atoms with E-state index in [1.165, 1.54) is 48.7 Å². The van der Waals surface area contributed by atoms with Crippen LogP contribution in [0.2, 0.25) is 10.0 Å². The first kappa shape index (κ1) is 48.4. The van der Waals surface area contributed by atoms with Crippen LogP contribution in [0.25, 0.3) is 11.4 Å². The highest BCUT2D eigenvalue weighted by molar-refractivity contribution is 7.91. The molecule has 0 saturated heterocycles. The Labute approximate surface area is 359 Å². The summed E-state index contributed by atoms with van der Waals surface area (Å²) in [5, 5.41) is 8.53. The number of amides is 1. The van der Waals surface area contributed by atoms with E-state index in [4.69, 9.17) is 40.5 Å². The number of carbonyl (C=O) groups excluding carboxylic acids is 2. The summed E-state index contributed by atoms with van der Waals surface area (Å²) in [6.07, 6.45) is -7.20. The van der Waals surface area contributed by atoms with E-state index in [1.54, 1.807) is 54.6 Å². The average Bonchev–Trinajstić information content (AvgIpc) is 3.85. The number of halogens is 9. The third-order valence-electron chi connectivity index (χ3n) is 7.94. The molecule has 0 aliphatic heterocycles. The van der Waals surface area contributed by atoms with Crippen molar-refractivity contribution in [3.05, 3.63) is 153 Å². The zero-order valence-electron chi connectivity index (χ0n) is 31.3. The lowest BCUT2D eigenvalue weighted by molar-refractivity contribution is -0.142. The lowest BCUT2D eigenvalue weighted by Crippen LogP contribution is -2.25. The number of alkyl halides is 6. The van der Waals surface area contributed by atoms with Crippen LogP contribution in [-0.2, 0) is 45.1 Å². The number of benzene rings is 4. The molecule has 0 saturated carbocycles. The number of nitrogens with zero attached hydrogens (tertiary/aromatic N) is 4. The minimum absolute atomic E-state index is 0.0646. The molecule has 12 nitrogen and oxygen atoms in total. The van der Waals surface area contributed by atoms with E-state index in [-0.39, 0.29) is 38.6 Å². The van der Waals surface area contributed by atoms with E-state index < -0.39 is 60.3 Å². The minimum atomic E-state index is -4.76. The fourth-order valence-electron chi connectivity index (χ4n) is 5.02. The van der Waals surface area contributed by atoms with Crippen LogP contribution in [0.3, 0.4) is 0 Å². The molecule has 6 rings (SSSR count). The van der Waals surface area contributed by atoms with Gasteiger partial charge in [-0.3, -0.25) is 9.59 Å². The third-order valence-corrected chi connectivity index (χ3v) is 11.0. The summed E-state index contributed by atoms with van der Waals surface area (Å²) >= 11 is 17.2. The van der Waals surface area contributed by atoms with Crippen molar-refractivity contribution in [2.75, 3.05) is 12.5 Å². The zero-order chi connectivity index (χ0) is 45.5. The zero-order valence-corrected chi connectivity index (χ0v) is 35.2. The number of sulfone groups is 2. The number of hydrogen-bond acceptors (Lipinski definition) is 9. The van der Waals surface area contributed by atoms with E-state index >= 15 is 0 Å². The van der Waals surface area contributed by atoms with Crippen molar-refractivity contribution in [3.8, 4) is 11.4 Å². The summed E-state index contributed by atoms with van der Waals surface area (Å²) < 4.78 is 124. The SMILES string of the molecule is CS(=O)(=O)c1cccc(CN)c1.CS(=O)(=O)c1cccc(CNC(=O)c2cc(C(F)(F)F)nn2-c2ccccc2Cl)c1.O=C(Cl)c1cc(C(F)(F)F)nn1-c1ccccc1Cl. The molecule has 1 amide bonds. The van der Waals surface area contributed by atoms with Gasteiger partial charge in [0.2, 0.25) is 0 Å². The van der Waals surface area contributed by atoms with E-state index in [0.717, 1.165) is 21.2 Å². The third kappa shape index (κ3) is 13.1. The number of rotatable bonds is 9. The highest BCUT2D eigenvalue weighted by atomic mass is 35.5. The van der Waals surface area contributed by atoms with Crippen molar-refractivity contribution >= 4 is 65.6 Å². The number of carbonyl (C=O) groups is 2. The predicted octanol–water partition coefficient (Wildman–Crippen LogP) is 8.35. The smallest absolute Gasteiger partial charge is 0.347 e. The van der Waals surface area contributed by atoms with Crippen LogP contribution in [0.15, 0.2) is 119 Å². The first-order valence-corrected chi connectivity index (χ1v) is 21.8. The quantitative estimate of drug-likeness (QED) is 0.107. The first-order chi connectivity index (χ1) is 28.3. The second-order valence-electron chi connectivity index (χ2n) is 12.6. The van der Waals surface area contributed by atoms with Gasteiger partial charge in [-0.05, 0) is 71.3 Å². The van der Waals surface area contributed by atoms with Gasteiger partial charge in [0.1, 0.15) is 11.4 Å². The molecule has 4 aromatic carbocycles. The molecular formula is C38H31Cl3F6N6O6S2. The number of para-hydroxylation sites is 2. The molecule has 6 aromatic rings. The number of nitrogens with one attached hydrogen (secondary N) is 1.